The second-order valence-corrected chi connectivity index (χ2v) is 5.64. The predicted molar refractivity (Wildman–Crippen MR) is 63.3 cm³/mol. The Morgan fingerprint density at radius 3 is 2.44 bits per heavy atom. The highest BCUT2D eigenvalue weighted by atomic mass is 16.4. The number of carbonyl (C=O) groups is 1. The molecule has 2 fully saturated rings. The van der Waals surface area contributed by atoms with E-state index in [1.165, 1.54) is 19.3 Å². The summed E-state index contributed by atoms with van der Waals surface area (Å²) in [6, 6.07) is 0.944. The Hall–Kier alpha value is -0.570. The number of carboxylic acids is 1. The van der Waals surface area contributed by atoms with Gasteiger partial charge in [-0.05, 0) is 38.1 Å². The van der Waals surface area contributed by atoms with Crippen molar-refractivity contribution in [3.8, 4) is 0 Å². The van der Waals surface area contributed by atoms with Crippen molar-refractivity contribution in [2.24, 2.45) is 11.8 Å². The first kappa shape index (κ1) is 11.9. The molecule has 1 N–H and O–H groups in total. The fourth-order valence-corrected chi connectivity index (χ4v) is 3.16. The van der Waals surface area contributed by atoms with Gasteiger partial charge in [-0.1, -0.05) is 20.3 Å². The van der Waals surface area contributed by atoms with Gasteiger partial charge in [0.25, 0.3) is 0 Å². The molecule has 0 amide bonds. The minimum absolute atomic E-state index is 0.150. The molecule has 0 bridgehead atoms. The zero-order chi connectivity index (χ0) is 11.7. The highest BCUT2D eigenvalue weighted by Crippen LogP contribution is 2.37. The van der Waals surface area contributed by atoms with Crippen molar-refractivity contribution >= 4 is 5.97 Å². The van der Waals surface area contributed by atoms with Crippen LogP contribution in [-0.4, -0.2) is 34.6 Å². The van der Waals surface area contributed by atoms with E-state index in [1.54, 1.807) is 0 Å². The largest absolute Gasteiger partial charge is 0.481 e. The Labute approximate surface area is 97.8 Å². The minimum Gasteiger partial charge on any atom is -0.481 e. The first-order valence-corrected chi connectivity index (χ1v) is 6.60. The lowest BCUT2D eigenvalue weighted by molar-refractivity contribution is -0.145. The summed E-state index contributed by atoms with van der Waals surface area (Å²) in [7, 11) is 0. The third kappa shape index (κ3) is 2.40. The number of hydrogen-bond donors (Lipinski definition) is 1. The number of hydrogen-bond acceptors (Lipinski definition) is 2. The van der Waals surface area contributed by atoms with Crippen LogP contribution in [0.25, 0.3) is 0 Å². The van der Waals surface area contributed by atoms with Crippen LogP contribution in [0.3, 0.4) is 0 Å². The molecule has 0 aromatic rings. The Morgan fingerprint density at radius 1 is 1.25 bits per heavy atom. The second-order valence-electron chi connectivity index (χ2n) is 5.64. The monoisotopic (exact) mass is 225 g/mol. The number of rotatable bonds is 3. The molecule has 0 spiro atoms. The Bertz CT molecular complexity index is 261. The van der Waals surface area contributed by atoms with Crippen molar-refractivity contribution in [3.05, 3.63) is 0 Å². The zero-order valence-corrected chi connectivity index (χ0v) is 10.4. The molecule has 2 aliphatic rings. The quantitative estimate of drug-likeness (QED) is 0.801. The van der Waals surface area contributed by atoms with Crippen LogP contribution >= 0.6 is 0 Å². The van der Waals surface area contributed by atoms with Crippen molar-refractivity contribution in [2.45, 2.75) is 58.0 Å². The average Bonchev–Trinajstić information content (AvgIpc) is 3.02. The van der Waals surface area contributed by atoms with E-state index >= 15 is 0 Å². The maximum Gasteiger partial charge on any atom is 0.308 e. The smallest absolute Gasteiger partial charge is 0.308 e. The van der Waals surface area contributed by atoms with Crippen molar-refractivity contribution in [1.82, 2.24) is 4.90 Å². The molecule has 0 aromatic carbocycles. The topological polar surface area (TPSA) is 40.5 Å². The first-order valence-electron chi connectivity index (χ1n) is 6.60. The van der Waals surface area contributed by atoms with Gasteiger partial charge < -0.3 is 5.11 Å². The van der Waals surface area contributed by atoms with Crippen LogP contribution in [0.15, 0.2) is 0 Å². The lowest BCUT2D eigenvalue weighted by atomic mass is 9.87. The van der Waals surface area contributed by atoms with E-state index < -0.39 is 5.97 Å². The summed E-state index contributed by atoms with van der Waals surface area (Å²) in [4.78, 5) is 13.9. The summed E-state index contributed by atoms with van der Waals surface area (Å²) >= 11 is 0. The van der Waals surface area contributed by atoms with Gasteiger partial charge in [0.15, 0.2) is 0 Å². The SMILES string of the molecule is CC(C)[C@@H]1[C@@H](C(=O)O)CCCCN1C1CC1. The van der Waals surface area contributed by atoms with Crippen molar-refractivity contribution in [3.63, 3.8) is 0 Å². The van der Waals surface area contributed by atoms with E-state index in [0.29, 0.717) is 12.0 Å². The van der Waals surface area contributed by atoms with Crippen molar-refractivity contribution in [2.75, 3.05) is 6.54 Å². The molecule has 1 saturated carbocycles. The van der Waals surface area contributed by atoms with Crippen LogP contribution in [0.1, 0.15) is 46.0 Å². The normalized spacial score (nSPS) is 32.7. The molecule has 2 rings (SSSR count). The van der Waals surface area contributed by atoms with E-state index in [0.717, 1.165) is 19.4 Å². The highest BCUT2D eigenvalue weighted by Gasteiger charge is 2.42. The van der Waals surface area contributed by atoms with Gasteiger partial charge in [-0.15, -0.1) is 0 Å². The Morgan fingerprint density at radius 2 is 1.94 bits per heavy atom. The number of nitrogens with zero attached hydrogens (tertiary/aromatic N) is 1. The van der Waals surface area contributed by atoms with E-state index in [2.05, 4.69) is 18.7 Å². The maximum absolute atomic E-state index is 11.4. The maximum atomic E-state index is 11.4. The van der Waals surface area contributed by atoms with E-state index in [-0.39, 0.29) is 12.0 Å². The van der Waals surface area contributed by atoms with Gasteiger partial charge in [0, 0.05) is 12.1 Å². The molecule has 0 unspecified atom stereocenters. The van der Waals surface area contributed by atoms with Crippen LogP contribution < -0.4 is 0 Å². The van der Waals surface area contributed by atoms with Crippen molar-refractivity contribution < 1.29 is 9.90 Å². The fraction of sp³-hybridized carbons (Fsp3) is 0.923. The highest BCUT2D eigenvalue weighted by molar-refractivity contribution is 5.71. The van der Waals surface area contributed by atoms with Gasteiger partial charge >= 0.3 is 5.97 Å². The van der Waals surface area contributed by atoms with Crippen LogP contribution in [0.2, 0.25) is 0 Å². The summed E-state index contributed by atoms with van der Waals surface area (Å²) in [5.41, 5.74) is 0. The molecule has 1 saturated heterocycles. The van der Waals surface area contributed by atoms with Gasteiger partial charge in [0.2, 0.25) is 0 Å². The molecule has 0 aromatic heterocycles. The lowest BCUT2D eigenvalue weighted by Crippen LogP contribution is -2.47. The summed E-state index contributed by atoms with van der Waals surface area (Å²) in [5.74, 6) is -0.297. The number of aliphatic carboxylic acids is 1. The van der Waals surface area contributed by atoms with Crippen LogP contribution in [0.4, 0.5) is 0 Å². The van der Waals surface area contributed by atoms with E-state index in [9.17, 15) is 9.90 Å². The van der Waals surface area contributed by atoms with Crippen molar-refractivity contribution in [1.29, 1.82) is 0 Å². The Kier molecular flexibility index (Phi) is 3.53. The van der Waals surface area contributed by atoms with Crippen LogP contribution in [0, 0.1) is 11.8 Å². The Balaban J connectivity index is 2.18. The zero-order valence-electron chi connectivity index (χ0n) is 10.4. The molecule has 92 valence electrons. The minimum atomic E-state index is -0.591. The number of likely N-dealkylation sites (tertiary alicyclic amines) is 1. The molecule has 1 heterocycles. The molecule has 1 aliphatic carbocycles. The molecule has 0 radical (unpaired) electrons. The van der Waals surface area contributed by atoms with E-state index in [4.69, 9.17) is 0 Å². The molecule has 3 nitrogen and oxygen atoms in total. The summed E-state index contributed by atoms with van der Waals surface area (Å²) in [5, 5.41) is 9.38. The molecular weight excluding hydrogens is 202 g/mol. The standard InChI is InChI=1S/C13H23NO2/c1-9(2)12-11(13(15)16)5-3-4-8-14(12)10-6-7-10/h9-12H,3-8H2,1-2H3,(H,15,16)/t11-,12+/m0/s1. The molecule has 16 heavy (non-hydrogen) atoms. The summed E-state index contributed by atoms with van der Waals surface area (Å²) in [6.45, 7) is 5.44. The fourth-order valence-electron chi connectivity index (χ4n) is 3.16. The number of carboxylic acid groups (broad SMARTS) is 1. The molecule has 1 aliphatic heterocycles. The third-order valence-corrected chi connectivity index (χ3v) is 3.99. The second kappa shape index (κ2) is 4.74. The van der Waals surface area contributed by atoms with Gasteiger partial charge in [0.1, 0.15) is 0 Å². The predicted octanol–water partition coefficient (Wildman–Crippen LogP) is 2.36. The summed E-state index contributed by atoms with van der Waals surface area (Å²) in [6.07, 6.45) is 5.65. The first-order chi connectivity index (χ1) is 7.61. The lowest BCUT2D eigenvalue weighted by Gasteiger charge is -2.36. The van der Waals surface area contributed by atoms with Crippen LogP contribution in [-0.2, 0) is 4.79 Å². The van der Waals surface area contributed by atoms with Gasteiger partial charge in [0.05, 0.1) is 5.92 Å². The third-order valence-electron chi connectivity index (χ3n) is 3.99. The van der Waals surface area contributed by atoms with Gasteiger partial charge in [-0.2, -0.15) is 0 Å². The van der Waals surface area contributed by atoms with Gasteiger partial charge in [-0.3, -0.25) is 9.69 Å². The summed E-state index contributed by atoms with van der Waals surface area (Å²) < 4.78 is 0. The average molecular weight is 225 g/mol. The molecular formula is C13H23NO2. The van der Waals surface area contributed by atoms with Gasteiger partial charge in [-0.25, -0.2) is 0 Å². The van der Waals surface area contributed by atoms with Crippen LogP contribution in [0.5, 0.6) is 0 Å². The molecule has 3 heteroatoms. The molecule has 2 atom stereocenters. The van der Waals surface area contributed by atoms with E-state index in [1.807, 2.05) is 0 Å².